The van der Waals surface area contributed by atoms with Crippen LogP contribution in [0.25, 0.3) is 0 Å². The molecule has 1 N–H and O–H groups in total. The van der Waals surface area contributed by atoms with E-state index in [9.17, 15) is 27.9 Å². The van der Waals surface area contributed by atoms with Crippen LogP contribution in [0.15, 0.2) is 23.8 Å². The first-order chi connectivity index (χ1) is 9.73. The second-order valence-electron chi connectivity index (χ2n) is 5.24. The zero-order valence-electron chi connectivity index (χ0n) is 11.2. The molecule has 0 aliphatic heterocycles. The molecule has 2 rings (SSSR count). The van der Waals surface area contributed by atoms with Gasteiger partial charge in [-0.15, -0.1) is 0 Å². The summed E-state index contributed by atoms with van der Waals surface area (Å²) in [6.07, 6.45) is -0.274. The van der Waals surface area contributed by atoms with Gasteiger partial charge in [-0.2, -0.15) is 13.2 Å². The number of allylic oxidation sites excluding steroid dienone is 1. The maximum absolute atomic E-state index is 12.7. The summed E-state index contributed by atoms with van der Waals surface area (Å²) in [5, 5.41) is 9.50. The fourth-order valence-corrected chi connectivity index (χ4v) is 2.37. The predicted octanol–water partition coefficient (Wildman–Crippen LogP) is 2.22. The molecular formula is C14H15F3O4. The van der Waals surface area contributed by atoms with E-state index in [0.717, 1.165) is 19.3 Å². The molecule has 4 nitrogen and oxygen atoms in total. The summed E-state index contributed by atoms with van der Waals surface area (Å²) in [6, 6.07) is 0. The number of ketones is 1. The Bertz CT molecular complexity index is 501. The Morgan fingerprint density at radius 3 is 2.48 bits per heavy atom. The summed E-state index contributed by atoms with van der Waals surface area (Å²) in [5.74, 6) is -2.01. The highest BCUT2D eigenvalue weighted by molar-refractivity contribution is 6.22. The van der Waals surface area contributed by atoms with E-state index >= 15 is 0 Å². The maximum atomic E-state index is 12.7. The van der Waals surface area contributed by atoms with E-state index in [1.807, 2.05) is 0 Å². The summed E-state index contributed by atoms with van der Waals surface area (Å²) in [6.45, 7) is 0. The van der Waals surface area contributed by atoms with E-state index in [1.165, 1.54) is 0 Å². The number of ether oxygens (including phenoxy) is 1. The second-order valence-corrected chi connectivity index (χ2v) is 5.24. The fraction of sp³-hybridized carbons (Fsp3) is 0.571. The third-order valence-electron chi connectivity index (χ3n) is 3.62. The van der Waals surface area contributed by atoms with Gasteiger partial charge in [0.15, 0.2) is 11.4 Å². The largest absolute Gasteiger partial charge is 0.459 e. The van der Waals surface area contributed by atoms with Crippen LogP contribution in [0.3, 0.4) is 0 Å². The molecular weight excluding hydrogens is 289 g/mol. The van der Waals surface area contributed by atoms with Crippen LogP contribution < -0.4 is 0 Å². The molecule has 0 aromatic heterocycles. The first-order valence-electron chi connectivity index (χ1n) is 6.69. The van der Waals surface area contributed by atoms with Crippen molar-refractivity contribution in [2.75, 3.05) is 0 Å². The SMILES string of the molecule is O=C1C=CC(O)(C(F)(F)F)C=C1C(=O)OC1CCCCC1. The molecule has 0 saturated heterocycles. The van der Waals surface area contributed by atoms with E-state index in [-0.39, 0.29) is 12.2 Å². The minimum absolute atomic E-state index is 0.223. The molecule has 1 fully saturated rings. The van der Waals surface area contributed by atoms with Crippen LogP contribution >= 0.6 is 0 Å². The molecule has 1 atom stereocenters. The first-order valence-corrected chi connectivity index (χ1v) is 6.69. The summed E-state index contributed by atoms with van der Waals surface area (Å²) in [7, 11) is 0. The number of aliphatic hydroxyl groups is 1. The topological polar surface area (TPSA) is 63.6 Å². The van der Waals surface area contributed by atoms with Crippen molar-refractivity contribution in [3.8, 4) is 0 Å². The highest BCUT2D eigenvalue weighted by Gasteiger charge is 2.52. The molecule has 0 spiro atoms. The molecule has 0 aromatic carbocycles. The molecule has 2 aliphatic carbocycles. The molecule has 0 radical (unpaired) electrons. The Kier molecular flexibility index (Phi) is 4.22. The lowest BCUT2D eigenvalue weighted by atomic mass is 9.91. The van der Waals surface area contributed by atoms with E-state index in [0.29, 0.717) is 25.0 Å². The quantitative estimate of drug-likeness (QED) is 0.627. The Labute approximate surface area is 119 Å². The van der Waals surface area contributed by atoms with E-state index < -0.39 is 29.1 Å². The van der Waals surface area contributed by atoms with Gasteiger partial charge in [-0.1, -0.05) is 6.42 Å². The fourth-order valence-electron chi connectivity index (χ4n) is 2.37. The van der Waals surface area contributed by atoms with Crippen LogP contribution in [0.1, 0.15) is 32.1 Å². The molecule has 0 amide bonds. The predicted molar refractivity (Wildman–Crippen MR) is 66.2 cm³/mol. The van der Waals surface area contributed by atoms with Crippen molar-refractivity contribution in [2.24, 2.45) is 0 Å². The smallest absolute Gasteiger partial charge is 0.424 e. The minimum atomic E-state index is -5.01. The van der Waals surface area contributed by atoms with Crippen molar-refractivity contribution in [1.29, 1.82) is 0 Å². The number of halogens is 3. The zero-order valence-corrected chi connectivity index (χ0v) is 11.2. The van der Waals surface area contributed by atoms with Crippen LogP contribution in [0.5, 0.6) is 0 Å². The van der Waals surface area contributed by atoms with Gasteiger partial charge in [0, 0.05) is 0 Å². The van der Waals surface area contributed by atoms with Gasteiger partial charge in [0.05, 0.1) is 0 Å². The number of hydrogen-bond acceptors (Lipinski definition) is 4. The molecule has 1 unspecified atom stereocenters. The number of alkyl halides is 3. The third-order valence-corrected chi connectivity index (χ3v) is 3.62. The molecule has 116 valence electrons. The van der Waals surface area contributed by atoms with Crippen molar-refractivity contribution < 1.29 is 32.6 Å². The Hall–Kier alpha value is -1.63. The minimum Gasteiger partial charge on any atom is -0.459 e. The molecule has 0 bridgehead atoms. The molecule has 0 aromatic rings. The summed E-state index contributed by atoms with van der Waals surface area (Å²) < 4.78 is 43.3. The van der Waals surface area contributed by atoms with Gasteiger partial charge in [-0.05, 0) is 43.9 Å². The molecule has 0 heterocycles. The highest BCUT2D eigenvalue weighted by Crippen LogP contribution is 2.36. The van der Waals surface area contributed by atoms with Gasteiger partial charge in [0.25, 0.3) is 0 Å². The van der Waals surface area contributed by atoms with Gasteiger partial charge >= 0.3 is 12.1 Å². The van der Waals surface area contributed by atoms with Crippen LogP contribution in [-0.4, -0.2) is 34.7 Å². The summed E-state index contributed by atoms with van der Waals surface area (Å²) >= 11 is 0. The number of carbonyl (C=O) groups excluding carboxylic acids is 2. The van der Waals surface area contributed by atoms with Gasteiger partial charge in [0.1, 0.15) is 11.7 Å². The Balaban J connectivity index is 2.16. The average Bonchev–Trinajstić information content (AvgIpc) is 2.41. The van der Waals surface area contributed by atoms with Crippen molar-refractivity contribution in [3.63, 3.8) is 0 Å². The molecule has 7 heteroatoms. The van der Waals surface area contributed by atoms with Crippen molar-refractivity contribution >= 4 is 11.8 Å². The van der Waals surface area contributed by atoms with Gasteiger partial charge in [-0.25, -0.2) is 4.79 Å². The number of rotatable bonds is 2. The average molecular weight is 304 g/mol. The molecule has 1 saturated carbocycles. The van der Waals surface area contributed by atoms with Crippen molar-refractivity contribution in [1.82, 2.24) is 0 Å². The van der Waals surface area contributed by atoms with Crippen LogP contribution in [0.2, 0.25) is 0 Å². The monoisotopic (exact) mass is 304 g/mol. The summed E-state index contributed by atoms with van der Waals surface area (Å²) in [5.41, 5.74) is -4.09. The normalized spacial score (nSPS) is 27.4. The lowest BCUT2D eigenvalue weighted by Gasteiger charge is -2.27. The van der Waals surface area contributed by atoms with Crippen LogP contribution in [-0.2, 0) is 14.3 Å². The standard InChI is InChI=1S/C14H15F3O4/c15-14(16,17)13(20)7-6-11(18)10(8-13)12(19)21-9-4-2-1-3-5-9/h6-9,20H,1-5H2. The van der Waals surface area contributed by atoms with E-state index in [2.05, 4.69) is 0 Å². The number of carbonyl (C=O) groups is 2. The molecule has 21 heavy (non-hydrogen) atoms. The Morgan fingerprint density at radius 1 is 1.29 bits per heavy atom. The lowest BCUT2D eigenvalue weighted by molar-refractivity contribution is -0.221. The first kappa shape index (κ1) is 15.8. The Morgan fingerprint density at radius 2 is 1.90 bits per heavy atom. The van der Waals surface area contributed by atoms with Gasteiger partial charge in [-0.3, -0.25) is 4.79 Å². The second kappa shape index (κ2) is 5.63. The van der Waals surface area contributed by atoms with Gasteiger partial charge < -0.3 is 9.84 Å². The van der Waals surface area contributed by atoms with Crippen LogP contribution in [0.4, 0.5) is 13.2 Å². The van der Waals surface area contributed by atoms with E-state index in [4.69, 9.17) is 4.74 Å². The van der Waals surface area contributed by atoms with Crippen molar-refractivity contribution in [2.45, 2.75) is 50.0 Å². The maximum Gasteiger partial charge on any atom is 0.424 e. The molecule has 2 aliphatic rings. The zero-order chi connectivity index (χ0) is 15.7. The number of esters is 1. The van der Waals surface area contributed by atoms with Crippen LogP contribution in [0, 0.1) is 0 Å². The highest BCUT2D eigenvalue weighted by atomic mass is 19.4. The van der Waals surface area contributed by atoms with E-state index in [1.54, 1.807) is 0 Å². The summed E-state index contributed by atoms with van der Waals surface area (Å²) in [4.78, 5) is 23.4. The third kappa shape index (κ3) is 3.34. The van der Waals surface area contributed by atoms with Gasteiger partial charge in [0.2, 0.25) is 0 Å². The lowest BCUT2D eigenvalue weighted by Crippen LogP contribution is -2.44. The van der Waals surface area contributed by atoms with Crippen molar-refractivity contribution in [3.05, 3.63) is 23.8 Å². The number of hydrogen-bond donors (Lipinski definition) is 1.